The Morgan fingerprint density at radius 2 is 1.00 bits per heavy atom. The Morgan fingerprint density at radius 3 is 1.41 bits per heavy atom. The van der Waals surface area contributed by atoms with Crippen molar-refractivity contribution >= 4 is 51.8 Å². The second kappa shape index (κ2) is 11.8. The Labute approximate surface area is 186 Å². The molecule has 0 rings (SSSR count). The van der Waals surface area contributed by atoms with E-state index in [2.05, 4.69) is 65.5 Å². The minimum Gasteiger partial charge on any atom is -0.440 e. The highest BCUT2D eigenvalue weighted by molar-refractivity contribution is 6.89. The summed E-state index contributed by atoms with van der Waals surface area (Å²) in [6.45, 7) is 21.6. The van der Waals surface area contributed by atoms with E-state index in [1.165, 1.54) is 0 Å². The van der Waals surface area contributed by atoms with Gasteiger partial charge < -0.3 is 29.7 Å². The van der Waals surface area contributed by atoms with Crippen molar-refractivity contribution < 1.29 is 29.7 Å². The van der Waals surface area contributed by atoms with Crippen LogP contribution in [-0.4, -0.2) is 73.2 Å². The lowest BCUT2D eigenvalue weighted by Crippen LogP contribution is -2.57. The van der Waals surface area contributed by atoms with Crippen LogP contribution in [0.15, 0.2) is 0 Å². The molecule has 0 unspecified atom stereocenters. The molecule has 29 heavy (non-hydrogen) atoms. The first kappa shape index (κ1) is 30.0. The summed E-state index contributed by atoms with van der Waals surface area (Å²) in [5.74, 6) is 0. The van der Waals surface area contributed by atoms with E-state index in [4.69, 9.17) is 29.7 Å². The summed E-state index contributed by atoms with van der Waals surface area (Å²) in [6.07, 6.45) is 0.954. The molecule has 0 N–H and O–H groups in total. The maximum absolute atomic E-state index is 6.66. The molecule has 0 aromatic carbocycles. The van der Waals surface area contributed by atoms with Gasteiger partial charge in [-0.1, -0.05) is 0 Å². The van der Waals surface area contributed by atoms with Crippen molar-refractivity contribution in [2.75, 3.05) is 21.3 Å². The third-order valence-corrected chi connectivity index (χ3v) is 24.8. The largest absolute Gasteiger partial charge is 0.500 e. The highest BCUT2D eigenvalue weighted by Gasteiger charge is 2.44. The Kier molecular flexibility index (Phi) is 12.2. The fourth-order valence-electron chi connectivity index (χ4n) is 3.82. The minimum atomic E-state index is -2.53. The summed E-state index contributed by atoms with van der Waals surface area (Å²) in [5, 5.41) is 0. The van der Waals surface area contributed by atoms with Crippen LogP contribution in [0.5, 0.6) is 0 Å². The van der Waals surface area contributed by atoms with Crippen molar-refractivity contribution in [3.8, 4) is 0 Å². The molecule has 0 aromatic rings. The summed E-state index contributed by atoms with van der Waals surface area (Å²) in [4.78, 5) is 0. The standard InChI is InChI=1S/C16H46O7Si6/c1-17-29(18-2,19-3)16-14-15-25(6,7)21-27(10,11)23-28(12,13)22-26(8,9)20-24(4)5/h24H,14-16H2,1-13H3. The van der Waals surface area contributed by atoms with Crippen molar-refractivity contribution in [1.82, 2.24) is 0 Å². The van der Waals surface area contributed by atoms with E-state index in [1.54, 1.807) is 21.3 Å². The van der Waals surface area contributed by atoms with Crippen LogP contribution in [0.3, 0.4) is 0 Å². The smallest absolute Gasteiger partial charge is 0.440 e. The van der Waals surface area contributed by atoms with Crippen LogP contribution in [0.25, 0.3) is 0 Å². The summed E-state index contributed by atoms with van der Waals surface area (Å²) in [5.41, 5.74) is 0. The average molecular weight is 519 g/mol. The first-order chi connectivity index (χ1) is 12.9. The maximum atomic E-state index is 6.66. The van der Waals surface area contributed by atoms with Crippen molar-refractivity contribution in [1.29, 1.82) is 0 Å². The van der Waals surface area contributed by atoms with Crippen LogP contribution in [0.4, 0.5) is 0 Å². The van der Waals surface area contributed by atoms with Gasteiger partial charge in [-0.25, -0.2) is 0 Å². The first-order valence-electron chi connectivity index (χ1n) is 10.4. The number of hydrogen-bond donors (Lipinski definition) is 0. The number of hydrogen-bond acceptors (Lipinski definition) is 7. The summed E-state index contributed by atoms with van der Waals surface area (Å²) < 4.78 is 42.4. The van der Waals surface area contributed by atoms with Gasteiger partial charge in [-0.15, -0.1) is 0 Å². The molecule has 0 bridgehead atoms. The normalized spacial score (nSPS) is 14.7. The predicted octanol–water partition coefficient (Wildman–Crippen LogP) is 4.61. The average Bonchev–Trinajstić information content (AvgIpc) is 2.46. The monoisotopic (exact) mass is 518 g/mol. The van der Waals surface area contributed by atoms with Crippen molar-refractivity contribution in [2.45, 2.75) is 84.0 Å². The molecule has 0 amide bonds. The molecule has 0 aliphatic heterocycles. The van der Waals surface area contributed by atoms with Gasteiger partial charge in [-0.2, -0.15) is 0 Å². The summed E-state index contributed by atoms with van der Waals surface area (Å²) >= 11 is 0. The zero-order valence-electron chi connectivity index (χ0n) is 21.1. The van der Waals surface area contributed by atoms with Crippen LogP contribution in [-0.2, 0) is 29.7 Å². The van der Waals surface area contributed by atoms with E-state index in [9.17, 15) is 0 Å². The molecule has 13 heteroatoms. The van der Waals surface area contributed by atoms with E-state index in [0.29, 0.717) is 0 Å². The lowest BCUT2D eigenvalue weighted by molar-refractivity contribution is 0.123. The van der Waals surface area contributed by atoms with E-state index in [1.807, 2.05) is 0 Å². The van der Waals surface area contributed by atoms with Gasteiger partial charge in [-0.3, -0.25) is 0 Å². The molecule has 0 atom stereocenters. The summed E-state index contributed by atoms with van der Waals surface area (Å²) in [7, 11) is -7.49. The fourth-order valence-corrected chi connectivity index (χ4v) is 28.4. The molecule has 176 valence electrons. The van der Waals surface area contributed by atoms with Crippen LogP contribution in [0.1, 0.15) is 6.42 Å². The van der Waals surface area contributed by atoms with Gasteiger partial charge >= 0.3 is 34.5 Å². The van der Waals surface area contributed by atoms with Gasteiger partial charge in [-0.05, 0) is 77.9 Å². The van der Waals surface area contributed by atoms with E-state index < -0.39 is 51.8 Å². The topological polar surface area (TPSA) is 64.6 Å². The first-order valence-corrected chi connectivity index (χ1v) is 26.6. The molecule has 7 nitrogen and oxygen atoms in total. The summed E-state index contributed by atoms with van der Waals surface area (Å²) in [6, 6.07) is 1.79. The molecule has 0 heterocycles. The lowest BCUT2D eigenvalue weighted by Gasteiger charge is -2.41. The van der Waals surface area contributed by atoms with Gasteiger partial charge in [0.05, 0.1) is 0 Å². The third kappa shape index (κ3) is 12.6. The molecule has 0 saturated carbocycles. The number of rotatable bonds is 15. The van der Waals surface area contributed by atoms with E-state index in [-0.39, 0.29) is 0 Å². The van der Waals surface area contributed by atoms with Gasteiger partial charge in [0.15, 0.2) is 17.4 Å². The molecule has 0 saturated heterocycles. The van der Waals surface area contributed by atoms with Crippen LogP contribution in [0, 0.1) is 0 Å². The molecule has 0 fully saturated rings. The van der Waals surface area contributed by atoms with Crippen LogP contribution in [0.2, 0.25) is 77.6 Å². The van der Waals surface area contributed by atoms with E-state index in [0.717, 1.165) is 18.5 Å². The Hall–Kier alpha value is 1.02. The fraction of sp³-hybridized carbons (Fsp3) is 1.00. The highest BCUT2D eigenvalue weighted by Crippen LogP contribution is 2.28. The lowest BCUT2D eigenvalue weighted by atomic mass is 10.6. The Bertz CT molecular complexity index is 476. The van der Waals surface area contributed by atoms with Crippen molar-refractivity contribution in [3.05, 3.63) is 0 Å². The predicted molar refractivity (Wildman–Crippen MR) is 134 cm³/mol. The zero-order chi connectivity index (χ0) is 23.1. The molecule has 0 radical (unpaired) electrons. The quantitative estimate of drug-likeness (QED) is 0.293. The molecule has 0 aromatic heterocycles. The minimum absolute atomic E-state index is 0.790. The second-order valence-corrected chi connectivity index (χ2v) is 30.6. The van der Waals surface area contributed by atoms with Gasteiger partial charge in [0.1, 0.15) is 0 Å². The molecular weight excluding hydrogens is 473 g/mol. The molecule has 0 spiro atoms. The molecule has 0 aliphatic rings. The Morgan fingerprint density at radius 1 is 0.586 bits per heavy atom. The van der Waals surface area contributed by atoms with Crippen molar-refractivity contribution in [2.24, 2.45) is 0 Å². The molecule has 0 aliphatic carbocycles. The zero-order valence-corrected chi connectivity index (χ0v) is 27.2. The van der Waals surface area contributed by atoms with Crippen LogP contribution < -0.4 is 0 Å². The third-order valence-electron chi connectivity index (χ3n) is 4.22. The van der Waals surface area contributed by atoms with Gasteiger partial charge in [0.2, 0.25) is 0 Å². The second-order valence-electron chi connectivity index (χ2n) is 9.58. The maximum Gasteiger partial charge on any atom is 0.500 e. The SMILES string of the molecule is CO[Si](CCC[Si](C)(C)O[Si](C)(C)O[Si](C)(C)O[Si](C)(C)O[SiH](C)C)(OC)OC. The van der Waals surface area contributed by atoms with Crippen LogP contribution >= 0.6 is 0 Å². The van der Waals surface area contributed by atoms with Crippen molar-refractivity contribution in [3.63, 3.8) is 0 Å². The van der Waals surface area contributed by atoms with Gasteiger partial charge in [0.25, 0.3) is 0 Å². The van der Waals surface area contributed by atoms with Gasteiger partial charge in [0, 0.05) is 27.4 Å². The molecular formula is C16H46O7Si6. The highest BCUT2D eigenvalue weighted by atomic mass is 28.5. The van der Waals surface area contributed by atoms with E-state index >= 15 is 0 Å². The Balaban J connectivity index is 4.87.